The van der Waals surface area contributed by atoms with Crippen LogP contribution >= 0.6 is 24.2 Å². The number of halogens is 1. The van der Waals surface area contributed by atoms with Crippen LogP contribution in [0.2, 0.25) is 0 Å². The largest absolute Gasteiger partial charge is 0.504 e. The molecule has 1 aromatic carbocycles. The number of hydrogen-bond acceptors (Lipinski definition) is 5. The second kappa shape index (κ2) is 8.83. The number of rotatable bonds is 5. The molecule has 0 aromatic heterocycles. The van der Waals surface area contributed by atoms with Crippen LogP contribution in [-0.2, 0) is 4.79 Å². The third-order valence-corrected chi connectivity index (χ3v) is 5.82. The maximum absolute atomic E-state index is 12.3. The van der Waals surface area contributed by atoms with Crippen molar-refractivity contribution in [3.63, 3.8) is 0 Å². The van der Waals surface area contributed by atoms with E-state index in [-0.39, 0.29) is 29.4 Å². The maximum atomic E-state index is 12.3. The Hall–Kier alpha value is -1.11. The second-order valence-electron chi connectivity index (χ2n) is 6.08. The summed E-state index contributed by atoms with van der Waals surface area (Å²) in [6.45, 7) is 4.00. The fourth-order valence-electron chi connectivity index (χ4n) is 3.25. The Labute approximate surface area is 153 Å². The lowest BCUT2D eigenvalue weighted by Gasteiger charge is -2.30. The zero-order valence-corrected chi connectivity index (χ0v) is 15.6. The number of methoxy groups -OCH3 is 1. The molecule has 2 heterocycles. The minimum atomic E-state index is 0. The van der Waals surface area contributed by atoms with E-state index in [0.29, 0.717) is 11.5 Å². The van der Waals surface area contributed by atoms with Gasteiger partial charge in [-0.3, -0.25) is 4.79 Å². The van der Waals surface area contributed by atoms with Gasteiger partial charge < -0.3 is 19.6 Å². The summed E-state index contributed by atoms with van der Waals surface area (Å²) >= 11 is 1.64. The van der Waals surface area contributed by atoms with Crippen molar-refractivity contribution in [1.82, 2.24) is 9.80 Å². The summed E-state index contributed by atoms with van der Waals surface area (Å²) in [6.07, 6.45) is 3.85. The van der Waals surface area contributed by atoms with Gasteiger partial charge in [-0.15, -0.1) is 24.2 Å². The number of hydrogen-bond donors (Lipinski definition) is 1. The first-order chi connectivity index (χ1) is 11.2. The number of ether oxygens (including phenoxy) is 1. The van der Waals surface area contributed by atoms with Gasteiger partial charge in [-0.05, 0) is 43.6 Å². The first kappa shape index (κ1) is 19.2. The monoisotopic (exact) mass is 372 g/mol. The van der Waals surface area contributed by atoms with Gasteiger partial charge >= 0.3 is 0 Å². The quantitative estimate of drug-likeness (QED) is 0.861. The van der Waals surface area contributed by atoms with Gasteiger partial charge in [-0.2, -0.15) is 0 Å². The Kier molecular flexibility index (Phi) is 7.07. The smallest absolute Gasteiger partial charge is 0.233 e. The number of amides is 1. The zero-order valence-electron chi connectivity index (χ0n) is 13.9. The summed E-state index contributed by atoms with van der Waals surface area (Å²) in [5.74, 6) is 1.31. The first-order valence-electron chi connectivity index (χ1n) is 8.19. The van der Waals surface area contributed by atoms with Crippen LogP contribution in [0.4, 0.5) is 0 Å². The molecule has 2 aliphatic heterocycles. The molecule has 2 aliphatic rings. The van der Waals surface area contributed by atoms with Crippen molar-refractivity contribution >= 4 is 30.1 Å². The number of carbonyl (C=O) groups is 1. The minimum Gasteiger partial charge on any atom is -0.504 e. The molecule has 0 aliphatic carbocycles. The van der Waals surface area contributed by atoms with Crippen LogP contribution in [0.5, 0.6) is 11.5 Å². The summed E-state index contributed by atoms with van der Waals surface area (Å²) in [7, 11) is 1.54. The lowest BCUT2D eigenvalue weighted by molar-refractivity contribution is -0.128. The predicted molar refractivity (Wildman–Crippen MR) is 99.1 cm³/mol. The van der Waals surface area contributed by atoms with E-state index in [4.69, 9.17) is 4.74 Å². The number of phenols is 1. The number of benzene rings is 1. The molecule has 1 N–H and O–H groups in total. The third-order valence-electron chi connectivity index (χ3n) is 4.56. The van der Waals surface area contributed by atoms with Crippen molar-refractivity contribution in [3.05, 3.63) is 23.8 Å². The molecule has 2 fully saturated rings. The molecule has 5 nitrogen and oxygen atoms in total. The lowest BCUT2D eigenvalue weighted by Crippen LogP contribution is -2.39. The van der Waals surface area contributed by atoms with E-state index in [1.54, 1.807) is 24.9 Å². The van der Waals surface area contributed by atoms with Gasteiger partial charge in [0.25, 0.3) is 0 Å². The van der Waals surface area contributed by atoms with Gasteiger partial charge in [0.15, 0.2) is 11.5 Å². The molecule has 1 atom stereocenters. The van der Waals surface area contributed by atoms with Gasteiger partial charge in [-0.25, -0.2) is 0 Å². The van der Waals surface area contributed by atoms with E-state index < -0.39 is 0 Å². The third kappa shape index (κ3) is 4.29. The number of piperidine rings is 1. The van der Waals surface area contributed by atoms with Crippen LogP contribution < -0.4 is 4.74 Å². The van der Waals surface area contributed by atoms with Crippen molar-refractivity contribution in [1.29, 1.82) is 0 Å². The van der Waals surface area contributed by atoms with Gasteiger partial charge in [0.05, 0.1) is 12.9 Å². The van der Waals surface area contributed by atoms with Gasteiger partial charge in [0.1, 0.15) is 5.37 Å². The van der Waals surface area contributed by atoms with Crippen molar-refractivity contribution < 1.29 is 14.6 Å². The highest BCUT2D eigenvalue weighted by Gasteiger charge is 2.33. The van der Waals surface area contributed by atoms with E-state index in [2.05, 4.69) is 4.90 Å². The molecule has 7 heteroatoms. The van der Waals surface area contributed by atoms with E-state index in [1.807, 2.05) is 17.0 Å². The molecule has 3 rings (SSSR count). The topological polar surface area (TPSA) is 53.0 Å². The van der Waals surface area contributed by atoms with E-state index >= 15 is 0 Å². The maximum Gasteiger partial charge on any atom is 0.233 e. The lowest BCUT2D eigenvalue weighted by atomic mass is 10.1. The Bertz CT molecular complexity index is 567. The summed E-state index contributed by atoms with van der Waals surface area (Å²) in [5, 5.41) is 9.77. The average molecular weight is 373 g/mol. The molecule has 134 valence electrons. The number of carbonyl (C=O) groups excluding carboxylic acids is 1. The molecule has 0 saturated carbocycles. The van der Waals surface area contributed by atoms with E-state index in [9.17, 15) is 9.90 Å². The van der Waals surface area contributed by atoms with Crippen molar-refractivity contribution in [3.8, 4) is 11.5 Å². The van der Waals surface area contributed by atoms with Crippen molar-refractivity contribution in [2.75, 3.05) is 39.0 Å². The molecule has 1 amide bonds. The number of aromatic hydroxyl groups is 1. The van der Waals surface area contributed by atoms with Crippen LogP contribution in [-0.4, -0.2) is 59.9 Å². The van der Waals surface area contributed by atoms with E-state index in [0.717, 1.165) is 31.7 Å². The zero-order chi connectivity index (χ0) is 16.2. The number of nitrogens with zero attached hydrogens (tertiary/aromatic N) is 2. The molecule has 1 unspecified atom stereocenters. The number of likely N-dealkylation sites (tertiary alicyclic amines) is 1. The molecular weight excluding hydrogens is 348 g/mol. The van der Waals surface area contributed by atoms with Crippen LogP contribution in [0.15, 0.2) is 18.2 Å². The summed E-state index contributed by atoms with van der Waals surface area (Å²) < 4.78 is 5.19. The van der Waals surface area contributed by atoms with Crippen LogP contribution in [0.1, 0.15) is 30.2 Å². The predicted octanol–water partition coefficient (Wildman–Crippen LogP) is 2.88. The van der Waals surface area contributed by atoms with Crippen LogP contribution in [0.25, 0.3) is 0 Å². The standard InChI is InChI=1S/C17H24N2O3S.ClH/c1-22-15-11-13(5-6-14(15)20)17-19(16(21)12-23-17)10-9-18-7-3-2-4-8-18;/h5-6,11,17,20H,2-4,7-10,12H2,1H3;1H. The number of phenolic OH excluding ortho intramolecular Hbond substituents is 1. The second-order valence-corrected chi connectivity index (χ2v) is 7.15. The fraction of sp³-hybridized carbons (Fsp3) is 0.588. The van der Waals surface area contributed by atoms with Gasteiger partial charge in [-0.1, -0.05) is 12.5 Å². The molecule has 0 spiro atoms. The van der Waals surface area contributed by atoms with Crippen molar-refractivity contribution in [2.45, 2.75) is 24.6 Å². The highest BCUT2D eigenvalue weighted by atomic mass is 35.5. The number of thioether (sulfide) groups is 1. The normalized spacial score (nSPS) is 21.6. The van der Waals surface area contributed by atoms with E-state index in [1.165, 1.54) is 19.3 Å². The fourth-order valence-corrected chi connectivity index (χ4v) is 4.46. The molecular formula is C17H25ClN2O3S. The highest BCUT2D eigenvalue weighted by molar-refractivity contribution is 8.00. The summed E-state index contributed by atoms with van der Waals surface area (Å²) in [6, 6.07) is 5.35. The Balaban J connectivity index is 0.00000208. The van der Waals surface area contributed by atoms with Crippen LogP contribution in [0, 0.1) is 0 Å². The first-order valence-corrected chi connectivity index (χ1v) is 9.24. The SMILES string of the molecule is COc1cc(C2SCC(=O)N2CCN2CCCCC2)ccc1O.Cl. The Morgan fingerprint density at radius 3 is 2.71 bits per heavy atom. The average Bonchev–Trinajstić information content (AvgIpc) is 2.95. The molecule has 1 aromatic rings. The van der Waals surface area contributed by atoms with Crippen molar-refractivity contribution in [2.24, 2.45) is 0 Å². The molecule has 2 saturated heterocycles. The minimum absolute atomic E-state index is 0. The van der Waals surface area contributed by atoms with Crippen LogP contribution in [0.3, 0.4) is 0 Å². The molecule has 0 bridgehead atoms. The summed E-state index contributed by atoms with van der Waals surface area (Å²) in [4.78, 5) is 16.7. The molecule has 24 heavy (non-hydrogen) atoms. The van der Waals surface area contributed by atoms with Gasteiger partial charge in [0.2, 0.25) is 5.91 Å². The highest BCUT2D eigenvalue weighted by Crippen LogP contribution is 2.41. The molecule has 0 radical (unpaired) electrons. The Morgan fingerprint density at radius 2 is 2.00 bits per heavy atom. The van der Waals surface area contributed by atoms with Gasteiger partial charge in [0, 0.05) is 13.1 Å². The Morgan fingerprint density at radius 1 is 1.25 bits per heavy atom. The summed E-state index contributed by atoms with van der Waals surface area (Å²) in [5.41, 5.74) is 1.01.